The fourth-order valence-electron chi connectivity index (χ4n) is 2.30. The smallest absolute Gasteiger partial charge is 0.0529 e. The van der Waals surface area contributed by atoms with E-state index in [-0.39, 0.29) is 5.54 Å². The lowest BCUT2D eigenvalue weighted by molar-refractivity contribution is 0.104. The normalized spacial score (nSPS) is 19.5. The second-order valence-corrected chi connectivity index (χ2v) is 4.40. The minimum atomic E-state index is 0.221. The maximum atomic E-state index is 4.04. The quantitative estimate of drug-likeness (QED) is 0.643. The van der Waals surface area contributed by atoms with Gasteiger partial charge in [-0.25, -0.2) is 0 Å². The van der Waals surface area contributed by atoms with Crippen molar-refractivity contribution in [3.05, 3.63) is 48.0 Å². The molecule has 0 radical (unpaired) electrons. The second kappa shape index (κ2) is 3.25. The molecule has 0 amide bonds. The van der Waals surface area contributed by atoms with Gasteiger partial charge in [-0.05, 0) is 32.5 Å². The fraction of sp³-hybridized carbons (Fsp3) is 0.385. The molecule has 0 heterocycles. The van der Waals surface area contributed by atoms with E-state index in [1.165, 1.54) is 11.1 Å². The van der Waals surface area contributed by atoms with Crippen molar-refractivity contribution in [3.63, 3.8) is 0 Å². The van der Waals surface area contributed by atoms with E-state index in [9.17, 15) is 0 Å². The molecular formula is C13H17N. The van der Waals surface area contributed by atoms with Crippen LogP contribution in [0.2, 0.25) is 0 Å². The van der Waals surface area contributed by atoms with Crippen LogP contribution in [0.3, 0.4) is 0 Å². The summed E-state index contributed by atoms with van der Waals surface area (Å²) in [5.41, 5.74) is 3.00. The topological polar surface area (TPSA) is 3.24 Å². The van der Waals surface area contributed by atoms with Crippen molar-refractivity contribution < 1.29 is 0 Å². The predicted molar refractivity (Wildman–Crippen MR) is 60.2 cm³/mol. The van der Waals surface area contributed by atoms with Crippen molar-refractivity contribution in [2.75, 3.05) is 14.1 Å². The Labute approximate surface area is 86.1 Å². The Morgan fingerprint density at radius 2 is 1.71 bits per heavy atom. The summed E-state index contributed by atoms with van der Waals surface area (Å²) in [7, 11) is 4.30. The second-order valence-electron chi connectivity index (χ2n) is 4.40. The van der Waals surface area contributed by atoms with Crippen molar-refractivity contribution >= 4 is 0 Å². The standard InChI is InChI=1S/C13H17N/c1-11-9-13(10-11,14(2)3)12-7-5-4-6-8-12/h4-8H,1,9-10H2,2-3H3. The lowest BCUT2D eigenvalue weighted by Crippen LogP contribution is -2.48. The molecule has 0 unspecified atom stereocenters. The molecule has 0 saturated heterocycles. The average molecular weight is 187 g/mol. The molecule has 0 spiro atoms. The van der Waals surface area contributed by atoms with Crippen LogP contribution in [0.1, 0.15) is 18.4 Å². The SMILES string of the molecule is C=C1CC(c2ccccc2)(N(C)C)C1. The Morgan fingerprint density at radius 3 is 2.14 bits per heavy atom. The molecule has 1 fully saturated rings. The fourth-order valence-corrected chi connectivity index (χ4v) is 2.30. The number of benzene rings is 1. The predicted octanol–water partition coefficient (Wildman–Crippen LogP) is 2.79. The van der Waals surface area contributed by atoms with Gasteiger partial charge in [-0.3, -0.25) is 4.90 Å². The van der Waals surface area contributed by atoms with E-state index in [0.717, 1.165) is 12.8 Å². The summed E-state index contributed by atoms with van der Waals surface area (Å²) in [6, 6.07) is 10.7. The van der Waals surface area contributed by atoms with Crippen LogP contribution in [-0.4, -0.2) is 19.0 Å². The Kier molecular flexibility index (Phi) is 2.20. The van der Waals surface area contributed by atoms with Crippen LogP contribution in [0.15, 0.2) is 42.5 Å². The van der Waals surface area contributed by atoms with Crippen molar-refractivity contribution in [3.8, 4) is 0 Å². The first-order valence-electron chi connectivity index (χ1n) is 5.05. The van der Waals surface area contributed by atoms with Gasteiger partial charge in [0.1, 0.15) is 0 Å². The molecule has 1 aromatic carbocycles. The van der Waals surface area contributed by atoms with Gasteiger partial charge in [0.05, 0.1) is 5.54 Å². The molecule has 14 heavy (non-hydrogen) atoms. The minimum absolute atomic E-state index is 0.221. The van der Waals surface area contributed by atoms with Gasteiger partial charge in [0.2, 0.25) is 0 Å². The van der Waals surface area contributed by atoms with E-state index in [2.05, 4.69) is 55.9 Å². The van der Waals surface area contributed by atoms with Gasteiger partial charge in [-0.1, -0.05) is 42.5 Å². The molecule has 1 saturated carbocycles. The van der Waals surface area contributed by atoms with E-state index in [1.54, 1.807) is 0 Å². The molecule has 1 aromatic rings. The molecule has 1 aliphatic rings. The van der Waals surface area contributed by atoms with Gasteiger partial charge in [-0.15, -0.1) is 0 Å². The number of hydrogen-bond acceptors (Lipinski definition) is 1. The zero-order valence-electron chi connectivity index (χ0n) is 8.96. The van der Waals surface area contributed by atoms with Crippen molar-refractivity contribution in [2.45, 2.75) is 18.4 Å². The number of rotatable bonds is 2. The zero-order chi connectivity index (χ0) is 10.2. The highest BCUT2D eigenvalue weighted by atomic mass is 15.2. The summed E-state index contributed by atoms with van der Waals surface area (Å²) in [4.78, 5) is 2.32. The van der Waals surface area contributed by atoms with E-state index in [4.69, 9.17) is 0 Å². The zero-order valence-corrected chi connectivity index (χ0v) is 8.96. The van der Waals surface area contributed by atoms with E-state index in [1.807, 2.05) is 0 Å². The Morgan fingerprint density at radius 1 is 1.14 bits per heavy atom. The summed E-state index contributed by atoms with van der Waals surface area (Å²) in [5, 5.41) is 0. The van der Waals surface area contributed by atoms with E-state index in [0.29, 0.717) is 0 Å². The minimum Gasteiger partial charge on any atom is -0.299 e. The third-order valence-electron chi connectivity index (χ3n) is 3.25. The third kappa shape index (κ3) is 1.28. The van der Waals surface area contributed by atoms with E-state index >= 15 is 0 Å². The summed E-state index contributed by atoms with van der Waals surface area (Å²) in [6.07, 6.45) is 2.20. The first kappa shape index (κ1) is 9.47. The highest BCUT2D eigenvalue weighted by Gasteiger charge is 2.42. The van der Waals surface area contributed by atoms with Crippen molar-refractivity contribution in [1.29, 1.82) is 0 Å². The third-order valence-corrected chi connectivity index (χ3v) is 3.25. The highest BCUT2D eigenvalue weighted by Crippen LogP contribution is 2.47. The van der Waals surface area contributed by atoms with Crippen LogP contribution < -0.4 is 0 Å². The molecule has 1 heteroatoms. The van der Waals surface area contributed by atoms with Crippen LogP contribution in [0.25, 0.3) is 0 Å². The monoisotopic (exact) mass is 187 g/mol. The van der Waals surface area contributed by atoms with Crippen LogP contribution in [0, 0.1) is 0 Å². The van der Waals surface area contributed by atoms with Gasteiger partial charge >= 0.3 is 0 Å². The summed E-state index contributed by atoms with van der Waals surface area (Å²) < 4.78 is 0. The highest BCUT2D eigenvalue weighted by molar-refractivity contribution is 5.34. The van der Waals surface area contributed by atoms with Gasteiger partial charge in [0.25, 0.3) is 0 Å². The van der Waals surface area contributed by atoms with Crippen LogP contribution in [0.4, 0.5) is 0 Å². The molecular weight excluding hydrogens is 170 g/mol. The lowest BCUT2D eigenvalue weighted by atomic mass is 9.68. The molecule has 2 rings (SSSR count). The Hall–Kier alpha value is -1.08. The first-order chi connectivity index (χ1) is 6.65. The summed E-state index contributed by atoms with van der Waals surface area (Å²) >= 11 is 0. The van der Waals surface area contributed by atoms with Crippen LogP contribution in [0.5, 0.6) is 0 Å². The average Bonchev–Trinajstić information content (AvgIpc) is 2.13. The Bertz CT molecular complexity index is 330. The van der Waals surface area contributed by atoms with Crippen LogP contribution in [-0.2, 0) is 5.54 Å². The Balaban J connectivity index is 2.34. The van der Waals surface area contributed by atoms with Crippen molar-refractivity contribution in [1.82, 2.24) is 4.90 Å². The molecule has 0 bridgehead atoms. The van der Waals surface area contributed by atoms with Gasteiger partial charge in [-0.2, -0.15) is 0 Å². The molecule has 0 atom stereocenters. The van der Waals surface area contributed by atoms with Gasteiger partial charge < -0.3 is 0 Å². The van der Waals surface area contributed by atoms with E-state index < -0.39 is 0 Å². The summed E-state index contributed by atoms with van der Waals surface area (Å²) in [6.45, 7) is 4.04. The summed E-state index contributed by atoms with van der Waals surface area (Å²) in [5.74, 6) is 0. The first-order valence-corrected chi connectivity index (χ1v) is 5.05. The maximum Gasteiger partial charge on any atom is 0.0529 e. The lowest BCUT2D eigenvalue weighted by Gasteiger charge is -2.49. The number of nitrogens with zero attached hydrogens (tertiary/aromatic N) is 1. The molecule has 0 N–H and O–H groups in total. The number of hydrogen-bond donors (Lipinski definition) is 0. The molecule has 74 valence electrons. The molecule has 0 aromatic heterocycles. The largest absolute Gasteiger partial charge is 0.299 e. The van der Waals surface area contributed by atoms with Crippen LogP contribution >= 0.6 is 0 Å². The molecule has 1 aliphatic carbocycles. The maximum absolute atomic E-state index is 4.04. The van der Waals surface area contributed by atoms with Crippen molar-refractivity contribution in [2.24, 2.45) is 0 Å². The van der Waals surface area contributed by atoms with Gasteiger partial charge in [0.15, 0.2) is 0 Å². The molecule has 0 aliphatic heterocycles. The van der Waals surface area contributed by atoms with Gasteiger partial charge in [0, 0.05) is 0 Å². The molecule has 1 nitrogen and oxygen atoms in total.